The van der Waals surface area contributed by atoms with Crippen molar-refractivity contribution >= 4 is 23.3 Å². The second kappa shape index (κ2) is 18.2. The van der Waals surface area contributed by atoms with Crippen LogP contribution in [0, 0.1) is 5.92 Å². The summed E-state index contributed by atoms with van der Waals surface area (Å²) < 4.78 is 57.1. The molecule has 13 heteroatoms. The highest BCUT2D eigenvalue weighted by molar-refractivity contribution is 6.02. The van der Waals surface area contributed by atoms with Gasteiger partial charge in [0.1, 0.15) is 11.5 Å². The van der Waals surface area contributed by atoms with Crippen LogP contribution in [0.25, 0.3) is 0 Å². The number of urea groups is 1. The highest BCUT2D eigenvalue weighted by atomic mass is 19.4. The fourth-order valence-corrected chi connectivity index (χ4v) is 5.91. The van der Waals surface area contributed by atoms with Crippen molar-refractivity contribution in [3.8, 4) is 11.5 Å². The van der Waals surface area contributed by atoms with Crippen LogP contribution in [0.5, 0.6) is 11.5 Å². The third-order valence-corrected chi connectivity index (χ3v) is 8.88. The molecule has 1 aliphatic heterocycles. The summed E-state index contributed by atoms with van der Waals surface area (Å²) in [5, 5.41) is 15.8. The molecule has 0 unspecified atom stereocenters. The lowest BCUT2D eigenvalue weighted by atomic mass is 10.0. The number of carbonyl (C=O) groups excluding carboxylic acids is 2. The summed E-state index contributed by atoms with van der Waals surface area (Å²) in [7, 11) is 3.44. The molecule has 0 aromatic heterocycles. The van der Waals surface area contributed by atoms with Crippen LogP contribution in [0.15, 0.2) is 66.7 Å². The van der Waals surface area contributed by atoms with E-state index in [1.807, 2.05) is 25.8 Å². The van der Waals surface area contributed by atoms with Gasteiger partial charge in [0.2, 0.25) is 0 Å². The minimum atomic E-state index is -4.40. The number of hydrogen-bond acceptors (Lipinski definition) is 7. The van der Waals surface area contributed by atoms with Crippen molar-refractivity contribution in [3.63, 3.8) is 0 Å². The molecule has 3 aromatic rings. The molecule has 0 saturated carbocycles. The molecular weight excluding hydrogens is 665 g/mol. The zero-order valence-corrected chi connectivity index (χ0v) is 29.8. The van der Waals surface area contributed by atoms with E-state index in [2.05, 4.69) is 10.6 Å². The lowest BCUT2D eigenvalue weighted by molar-refractivity contribution is -0.137. The van der Waals surface area contributed by atoms with Crippen molar-refractivity contribution < 1.29 is 42.1 Å². The van der Waals surface area contributed by atoms with Crippen LogP contribution in [0.4, 0.5) is 29.3 Å². The van der Waals surface area contributed by atoms with Gasteiger partial charge in [-0.3, -0.25) is 9.69 Å². The molecule has 10 nitrogen and oxygen atoms in total. The van der Waals surface area contributed by atoms with Crippen molar-refractivity contribution in [3.05, 3.63) is 83.4 Å². The van der Waals surface area contributed by atoms with Gasteiger partial charge in [0.05, 0.1) is 43.1 Å². The van der Waals surface area contributed by atoms with Gasteiger partial charge in [0, 0.05) is 43.5 Å². The molecule has 4 rings (SSSR count). The smallest absolute Gasteiger partial charge is 0.416 e. The predicted octanol–water partition coefficient (Wildman–Crippen LogP) is 7.29. The number of hydrogen-bond donors (Lipinski definition) is 3. The maximum Gasteiger partial charge on any atom is 0.416 e. The SMILES string of the molecule is COc1ccc(NC(=O)Nc2ccc3c(c2)C(=O)N([C@H](C)CO)C[C@H](C)[C@H](CN(C)Cc2ccc(C(F)(F)F)cc2)OCCCC[C@@H](C)O3)cc1. The molecular formula is C38H49F3N4O6. The number of nitrogens with one attached hydrogen (secondary N) is 2. The Balaban J connectivity index is 1.55. The van der Waals surface area contributed by atoms with Crippen LogP contribution >= 0.6 is 0 Å². The molecule has 0 fully saturated rings. The first kappa shape index (κ1) is 39.5. The van der Waals surface area contributed by atoms with Gasteiger partial charge in [-0.1, -0.05) is 19.1 Å². The molecule has 0 bridgehead atoms. The molecule has 3 N–H and O–H groups in total. The lowest BCUT2D eigenvalue weighted by Gasteiger charge is -2.36. The van der Waals surface area contributed by atoms with Gasteiger partial charge in [0.25, 0.3) is 5.91 Å². The maximum atomic E-state index is 14.4. The van der Waals surface area contributed by atoms with E-state index in [4.69, 9.17) is 14.2 Å². The summed E-state index contributed by atoms with van der Waals surface area (Å²) in [5.41, 5.74) is 1.21. The Morgan fingerprint density at radius 2 is 1.71 bits per heavy atom. The van der Waals surface area contributed by atoms with Crippen LogP contribution < -0.4 is 20.1 Å². The van der Waals surface area contributed by atoms with Gasteiger partial charge in [-0.05, 0) is 100 Å². The minimum Gasteiger partial charge on any atom is -0.497 e. The van der Waals surface area contributed by atoms with Gasteiger partial charge < -0.3 is 34.9 Å². The summed E-state index contributed by atoms with van der Waals surface area (Å²) in [4.78, 5) is 30.9. The molecule has 4 atom stereocenters. The number of anilines is 2. The first-order valence-electron chi connectivity index (χ1n) is 17.2. The predicted molar refractivity (Wildman–Crippen MR) is 190 cm³/mol. The van der Waals surface area contributed by atoms with E-state index < -0.39 is 23.8 Å². The fraction of sp³-hybridized carbons (Fsp3) is 0.474. The molecule has 3 amide bonds. The Morgan fingerprint density at radius 3 is 2.35 bits per heavy atom. The number of methoxy groups -OCH3 is 1. The van der Waals surface area contributed by atoms with Gasteiger partial charge in [-0.2, -0.15) is 13.2 Å². The van der Waals surface area contributed by atoms with E-state index in [1.165, 1.54) is 12.1 Å². The molecule has 0 spiro atoms. The quantitative estimate of drug-likeness (QED) is 0.214. The molecule has 51 heavy (non-hydrogen) atoms. The van der Waals surface area contributed by atoms with Crippen LogP contribution in [-0.4, -0.2) is 85.6 Å². The van der Waals surface area contributed by atoms with Crippen LogP contribution in [0.3, 0.4) is 0 Å². The van der Waals surface area contributed by atoms with E-state index in [9.17, 15) is 27.9 Å². The summed E-state index contributed by atoms with van der Waals surface area (Å²) in [5.74, 6) is 0.455. The normalized spacial score (nSPS) is 19.8. The van der Waals surface area contributed by atoms with Crippen LogP contribution in [0.1, 0.15) is 61.5 Å². The number of benzene rings is 3. The van der Waals surface area contributed by atoms with Crippen molar-refractivity contribution in [2.24, 2.45) is 5.92 Å². The van der Waals surface area contributed by atoms with E-state index in [0.29, 0.717) is 49.0 Å². The molecule has 278 valence electrons. The molecule has 3 aromatic carbocycles. The van der Waals surface area contributed by atoms with Crippen LogP contribution in [0.2, 0.25) is 0 Å². The third-order valence-electron chi connectivity index (χ3n) is 8.88. The standard InChI is InChI=1S/C38H49F3N4O6/c1-25-21-45(26(2)24-46)36(47)33-20-31(43-37(48)42-30-13-16-32(49-5)17-14-30)15-18-34(33)51-27(3)8-6-7-19-50-35(25)23-44(4)22-28-9-11-29(12-10-28)38(39,40)41/h9-18,20,25-27,35,46H,6-8,19,21-24H2,1-5H3,(H2,42,43,48)/t25-,26+,27+,35-/m0/s1. The zero-order chi connectivity index (χ0) is 37.1. The number of fused-ring (bicyclic) bond motifs is 1. The number of nitrogens with zero attached hydrogens (tertiary/aromatic N) is 2. The number of aliphatic hydroxyl groups is 1. The fourth-order valence-electron chi connectivity index (χ4n) is 5.91. The van der Waals surface area contributed by atoms with Gasteiger partial charge >= 0.3 is 12.2 Å². The molecule has 0 saturated heterocycles. The summed E-state index contributed by atoms with van der Waals surface area (Å²) in [6.07, 6.45) is -2.61. The second-order valence-electron chi connectivity index (χ2n) is 13.2. The molecule has 1 aliphatic rings. The summed E-state index contributed by atoms with van der Waals surface area (Å²) in [6, 6.07) is 15.9. The summed E-state index contributed by atoms with van der Waals surface area (Å²) in [6.45, 7) is 6.99. The number of aliphatic hydroxyl groups excluding tert-OH is 1. The average molecular weight is 715 g/mol. The second-order valence-corrected chi connectivity index (χ2v) is 13.2. The van der Waals surface area contributed by atoms with E-state index in [0.717, 1.165) is 30.5 Å². The number of amides is 3. The minimum absolute atomic E-state index is 0.194. The summed E-state index contributed by atoms with van der Waals surface area (Å²) >= 11 is 0. The van der Waals surface area contributed by atoms with E-state index >= 15 is 0 Å². The highest BCUT2D eigenvalue weighted by Gasteiger charge is 2.32. The molecule has 0 radical (unpaired) electrons. The van der Waals surface area contributed by atoms with Gasteiger partial charge in [-0.15, -0.1) is 0 Å². The Morgan fingerprint density at radius 1 is 1.04 bits per heavy atom. The first-order chi connectivity index (χ1) is 24.3. The Hall–Kier alpha value is -4.33. The maximum absolute atomic E-state index is 14.4. The van der Waals surface area contributed by atoms with Crippen molar-refractivity contribution in [1.29, 1.82) is 0 Å². The van der Waals surface area contributed by atoms with Crippen LogP contribution in [-0.2, 0) is 17.5 Å². The lowest BCUT2D eigenvalue weighted by Crippen LogP contribution is -2.47. The van der Waals surface area contributed by atoms with Crippen molar-refractivity contribution in [2.45, 2.75) is 71.0 Å². The van der Waals surface area contributed by atoms with E-state index in [1.54, 1.807) is 61.4 Å². The Bertz CT molecular complexity index is 1570. The number of ether oxygens (including phenoxy) is 3. The largest absolute Gasteiger partial charge is 0.497 e. The highest BCUT2D eigenvalue weighted by Crippen LogP contribution is 2.30. The third kappa shape index (κ3) is 11.6. The topological polar surface area (TPSA) is 113 Å². The van der Waals surface area contributed by atoms with Crippen molar-refractivity contribution in [1.82, 2.24) is 9.80 Å². The number of carbonyl (C=O) groups is 2. The number of likely N-dealkylation sites (N-methyl/N-ethyl adjacent to an activating group) is 1. The number of alkyl halides is 3. The average Bonchev–Trinajstić information content (AvgIpc) is 3.09. The van der Waals surface area contributed by atoms with Crippen molar-refractivity contribution in [2.75, 3.05) is 51.1 Å². The zero-order valence-electron chi connectivity index (χ0n) is 29.8. The van der Waals surface area contributed by atoms with Gasteiger partial charge in [0.15, 0.2) is 0 Å². The number of halogens is 3. The van der Waals surface area contributed by atoms with Gasteiger partial charge in [-0.25, -0.2) is 4.79 Å². The van der Waals surface area contributed by atoms with E-state index in [-0.39, 0.29) is 42.7 Å². The Kier molecular flexibility index (Phi) is 14.1. The monoisotopic (exact) mass is 714 g/mol. The molecule has 1 heterocycles. The first-order valence-corrected chi connectivity index (χ1v) is 17.2. The number of rotatable bonds is 9. The molecule has 0 aliphatic carbocycles. The Labute approximate surface area is 297 Å².